The topological polar surface area (TPSA) is 62.7 Å². The molecule has 0 spiro atoms. The number of carbonyl (C=O) groups is 1. The Balaban J connectivity index is 2.67. The molecular weight excluding hydrogens is 196 g/mol. The van der Waals surface area contributed by atoms with Gasteiger partial charge in [-0.2, -0.15) is 0 Å². The summed E-state index contributed by atoms with van der Waals surface area (Å²) in [6, 6.07) is 3.66. The first kappa shape index (κ1) is 11.5. The maximum atomic E-state index is 10.5. The molecule has 1 N–H and O–H groups in total. The van der Waals surface area contributed by atoms with E-state index in [4.69, 9.17) is 9.84 Å². The molecule has 0 amide bonds. The third-order valence-corrected chi connectivity index (χ3v) is 1.89. The van der Waals surface area contributed by atoms with Crippen LogP contribution in [0.25, 0.3) is 0 Å². The van der Waals surface area contributed by atoms with E-state index in [0.717, 1.165) is 5.56 Å². The van der Waals surface area contributed by atoms with Crippen LogP contribution in [0.15, 0.2) is 18.3 Å². The van der Waals surface area contributed by atoms with Crippen LogP contribution in [-0.4, -0.2) is 41.7 Å². The lowest BCUT2D eigenvalue weighted by Crippen LogP contribution is -2.25. The SMILES string of the molecule is COc1ncccc1CN(C)CC(=O)O. The summed E-state index contributed by atoms with van der Waals surface area (Å²) in [5.74, 6) is -0.310. The van der Waals surface area contributed by atoms with E-state index in [-0.39, 0.29) is 6.54 Å². The molecule has 1 rings (SSSR count). The second-order valence-corrected chi connectivity index (χ2v) is 3.24. The summed E-state index contributed by atoms with van der Waals surface area (Å²) in [6.45, 7) is 0.501. The number of hydrogen-bond acceptors (Lipinski definition) is 4. The highest BCUT2D eigenvalue weighted by molar-refractivity contribution is 5.69. The van der Waals surface area contributed by atoms with E-state index in [1.54, 1.807) is 31.3 Å². The van der Waals surface area contributed by atoms with Crippen molar-refractivity contribution >= 4 is 5.97 Å². The van der Waals surface area contributed by atoms with Crippen molar-refractivity contribution in [2.75, 3.05) is 20.7 Å². The summed E-state index contributed by atoms with van der Waals surface area (Å²) in [7, 11) is 3.28. The summed E-state index contributed by atoms with van der Waals surface area (Å²) in [5.41, 5.74) is 0.878. The van der Waals surface area contributed by atoms with Gasteiger partial charge in [-0.3, -0.25) is 9.69 Å². The first-order valence-corrected chi connectivity index (χ1v) is 4.51. The van der Waals surface area contributed by atoms with Gasteiger partial charge >= 0.3 is 5.97 Å². The van der Waals surface area contributed by atoms with Crippen molar-refractivity contribution in [3.05, 3.63) is 23.9 Å². The Morgan fingerprint density at radius 2 is 2.40 bits per heavy atom. The molecule has 5 nitrogen and oxygen atoms in total. The zero-order valence-corrected chi connectivity index (χ0v) is 8.80. The molecule has 5 heteroatoms. The van der Waals surface area contributed by atoms with Gasteiger partial charge in [-0.1, -0.05) is 6.07 Å². The average Bonchev–Trinajstić information content (AvgIpc) is 2.17. The van der Waals surface area contributed by atoms with Crippen LogP contribution in [0.4, 0.5) is 0 Å². The fourth-order valence-corrected chi connectivity index (χ4v) is 1.31. The van der Waals surface area contributed by atoms with Gasteiger partial charge in [0.05, 0.1) is 13.7 Å². The second kappa shape index (κ2) is 5.31. The van der Waals surface area contributed by atoms with Gasteiger partial charge in [0.1, 0.15) is 0 Å². The first-order chi connectivity index (χ1) is 7.13. The number of rotatable bonds is 5. The summed E-state index contributed by atoms with van der Waals surface area (Å²) in [6.07, 6.45) is 1.64. The van der Waals surface area contributed by atoms with Gasteiger partial charge in [0.2, 0.25) is 5.88 Å². The molecule has 0 atom stereocenters. The Kier molecular flexibility index (Phi) is 4.05. The summed E-state index contributed by atoms with van der Waals surface area (Å²) >= 11 is 0. The lowest BCUT2D eigenvalue weighted by Gasteiger charge is -2.15. The number of methoxy groups -OCH3 is 1. The van der Waals surface area contributed by atoms with Crippen molar-refractivity contribution in [2.24, 2.45) is 0 Å². The van der Waals surface area contributed by atoms with E-state index in [1.165, 1.54) is 0 Å². The fourth-order valence-electron chi connectivity index (χ4n) is 1.31. The van der Waals surface area contributed by atoms with Crippen molar-refractivity contribution in [3.8, 4) is 5.88 Å². The van der Waals surface area contributed by atoms with Crippen LogP contribution in [0.1, 0.15) is 5.56 Å². The molecular formula is C10H14N2O3. The number of ether oxygens (including phenoxy) is 1. The maximum Gasteiger partial charge on any atom is 0.317 e. The Morgan fingerprint density at radius 3 is 3.00 bits per heavy atom. The molecule has 0 fully saturated rings. The Labute approximate surface area is 88.3 Å². The number of hydrogen-bond donors (Lipinski definition) is 1. The van der Waals surface area contributed by atoms with Gasteiger partial charge < -0.3 is 9.84 Å². The summed E-state index contributed by atoms with van der Waals surface area (Å²) in [5, 5.41) is 8.60. The zero-order valence-electron chi connectivity index (χ0n) is 8.80. The molecule has 0 saturated heterocycles. The molecule has 0 bridgehead atoms. The molecule has 1 aromatic rings. The molecule has 82 valence electrons. The number of carboxylic acid groups (broad SMARTS) is 1. The standard InChI is InChI=1S/C10H14N2O3/c1-12(7-9(13)14)6-8-4-3-5-11-10(8)15-2/h3-5H,6-7H2,1-2H3,(H,13,14). The highest BCUT2D eigenvalue weighted by Crippen LogP contribution is 2.14. The number of pyridine rings is 1. The minimum absolute atomic E-state index is 0.00194. The predicted molar refractivity (Wildman–Crippen MR) is 54.8 cm³/mol. The van der Waals surface area contributed by atoms with Gasteiger partial charge in [-0.25, -0.2) is 4.98 Å². The van der Waals surface area contributed by atoms with E-state index in [0.29, 0.717) is 12.4 Å². The van der Waals surface area contributed by atoms with Crippen molar-refractivity contribution in [1.82, 2.24) is 9.88 Å². The van der Waals surface area contributed by atoms with Crippen molar-refractivity contribution < 1.29 is 14.6 Å². The average molecular weight is 210 g/mol. The molecule has 0 radical (unpaired) electrons. The quantitative estimate of drug-likeness (QED) is 0.771. The van der Waals surface area contributed by atoms with Crippen molar-refractivity contribution in [1.29, 1.82) is 0 Å². The number of aliphatic carboxylic acids is 1. The van der Waals surface area contributed by atoms with Gasteiger partial charge in [-0.05, 0) is 13.1 Å². The lowest BCUT2D eigenvalue weighted by atomic mass is 10.2. The van der Waals surface area contributed by atoms with Gasteiger partial charge in [0.25, 0.3) is 0 Å². The van der Waals surface area contributed by atoms with Crippen LogP contribution in [-0.2, 0) is 11.3 Å². The number of carboxylic acids is 1. The fraction of sp³-hybridized carbons (Fsp3) is 0.400. The minimum atomic E-state index is -0.847. The van der Waals surface area contributed by atoms with Gasteiger partial charge in [-0.15, -0.1) is 0 Å². The largest absolute Gasteiger partial charge is 0.481 e. The van der Waals surface area contributed by atoms with E-state index in [9.17, 15) is 4.79 Å². The first-order valence-electron chi connectivity index (χ1n) is 4.51. The number of nitrogens with zero attached hydrogens (tertiary/aromatic N) is 2. The summed E-state index contributed by atoms with van der Waals surface area (Å²) < 4.78 is 5.07. The smallest absolute Gasteiger partial charge is 0.317 e. The molecule has 1 aromatic heterocycles. The van der Waals surface area contributed by atoms with E-state index < -0.39 is 5.97 Å². The molecule has 0 aliphatic heterocycles. The molecule has 0 unspecified atom stereocenters. The van der Waals surface area contributed by atoms with Crippen LogP contribution < -0.4 is 4.74 Å². The van der Waals surface area contributed by atoms with Crippen LogP contribution in [0.3, 0.4) is 0 Å². The lowest BCUT2D eigenvalue weighted by molar-refractivity contribution is -0.138. The molecule has 0 aliphatic carbocycles. The van der Waals surface area contributed by atoms with E-state index >= 15 is 0 Å². The van der Waals surface area contributed by atoms with Crippen LogP contribution >= 0.6 is 0 Å². The summed E-state index contributed by atoms with van der Waals surface area (Å²) in [4.78, 5) is 16.2. The highest BCUT2D eigenvalue weighted by atomic mass is 16.5. The van der Waals surface area contributed by atoms with E-state index in [1.807, 2.05) is 6.07 Å². The minimum Gasteiger partial charge on any atom is -0.481 e. The number of likely N-dealkylation sites (N-methyl/N-ethyl adjacent to an activating group) is 1. The third-order valence-electron chi connectivity index (χ3n) is 1.89. The van der Waals surface area contributed by atoms with Crippen LogP contribution in [0.2, 0.25) is 0 Å². The molecule has 0 saturated carbocycles. The normalized spacial score (nSPS) is 10.3. The Morgan fingerprint density at radius 1 is 1.67 bits per heavy atom. The van der Waals surface area contributed by atoms with E-state index in [2.05, 4.69) is 4.98 Å². The second-order valence-electron chi connectivity index (χ2n) is 3.24. The predicted octanol–water partition coefficient (Wildman–Crippen LogP) is 0.607. The van der Waals surface area contributed by atoms with Crippen molar-refractivity contribution in [3.63, 3.8) is 0 Å². The molecule has 1 heterocycles. The number of aromatic nitrogens is 1. The molecule has 0 aliphatic rings. The van der Waals surface area contributed by atoms with Gasteiger partial charge in [0, 0.05) is 18.3 Å². The Hall–Kier alpha value is -1.62. The monoisotopic (exact) mass is 210 g/mol. The Bertz CT molecular complexity index is 341. The van der Waals surface area contributed by atoms with Crippen LogP contribution in [0, 0.1) is 0 Å². The van der Waals surface area contributed by atoms with Crippen LogP contribution in [0.5, 0.6) is 5.88 Å². The molecule has 0 aromatic carbocycles. The highest BCUT2D eigenvalue weighted by Gasteiger charge is 2.08. The third kappa shape index (κ3) is 3.55. The zero-order chi connectivity index (χ0) is 11.3. The van der Waals surface area contributed by atoms with Gasteiger partial charge in [0.15, 0.2) is 0 Å². The molecule has 15 heavy (non-hydrogen) atoms. The van der Waals surface area contributed by atoms with Crippen molar-refractivity contribution in [2.45, 2.75) is 6.54 Å². The maximum absolute atomic E-state index is 10.5.